The largest absolute Gasteiger partial charge is 0.469 e. The summed E-state index contributed by atoms with van der Waals surface area (Å²) < 4.78 is 15.5. The molecule has 4 nitrogen and oxygen atoms in total. The summed E-state index contributed by atoms with van der Waals surface area (Å²) in [5.41, 5.74) is 0. The van der Waals surface area contributed by atoms with Crippen LogP contribution in [0.3, 0.4) is 0 Å². The Kier molecular flexibility index (Phi) is 12.6. The lowest BCUT2D eigenvalue weighted by atomic mass is 9.77. The summed E-state index contributed by atoms with van der Waals surface area (Å²) in [5, 5.41) is 0. The Morgan fingerprint density at radius 1 is 0.864 bits per heavy atom. The Labute approximate surface area is 137 Å². The molecule has 2 N–H and O–H groups in total. The fraction of sp³-hybridized carbons (Fsp3) is 1.00. The predicted octanol–water partition coefficient (Wildman–Crippen LogP) is 5.53. The van der Waals surface area contributed by atoms with Gasteiger partial charge in [0.15, 0.2) is 0 Å². The number of hydrogen-bond acceptors (Lipinski definition) is 2. The van der Waals surface area contributed by atoms with Crippen LogP contribution in [-0.2, 0) is 9.09 Å². The molecule has 0 aliphatic rings. The van der Waals surface area contributed by atoms with Gasteiger partial charge < -0.3 is 9.79 Å². The van der Waals surface area contributed by atoms with Crippen molar-refractivity contribution in [1.29, 1.82) is 0 Å². The zero-order valence-electron chi connectivity index (χ0n) is 15.0. The molecule has 0 rings (SSSR count). The Morgan fingerprint density at radius 2 is 1.32 bits per heavy atom. The number of phosphoric ester groups is 1. The summed E-state index contributed by atoms with van der Waals surface area (Å²) in [6.07, 6.45) is 10.6. The molecule has 134 valence electrons. The molecule has 0 aromatic rings. The highest BCUT2D eigenvalue weighted by Crippen LogP contribution is 2.38. The van der Waals surface area contributed by atoms with Crippen molar-refractivity contribution in [1.82, 2.24) is 0 Å². The Morgan fingerprint density at radius 3 is 1.68 bits per heavy atom. The Bertz CT molecular complexity index is 287. The van der Waals surface area contributed by atoms with E-state index in [1.54, 1.807) is 0 Å². The van der Waals surface area contributed by atoms with Gasteiger partial charge in [-0.25, -0.2) is 4.57 Å². The van der Waals surface area contributed by atoms with Gasteiger partial charge in [0.25, 0.3) is 0 Å². The third kappa shape index (κ3) is 11.6. The first-order valence-corrected chi connectivity index (χ1v) is 10.5. The summed E-state index contributed by atoms with van der Waals surface area (Å²) in [5.74, 6) is 1.66. The minimum absolute atomic E-state index is 0.158. The topological polar surface area (TPSA) is 66.8 Å². The van der Waals surface area contributed by atoms with Crippen LogP contribution in [0.2, 0.25) is 0 Å². The standard InChI is InChI=1S/C17H37O4P/c1-5-7-9-11-15(3)17(13-14-21-22(18,19)20)16(4)12-10-8-6-2/h15-17H,5-14H2,1-4H3,(H2,18,19,20). The molecule has 0 saturated carbocycles. The van der Waals surface area contributed by atoms with Crippen molar-refractivity contribution >= 4 is 7.82 Å². The van der Waals surface area contributed by atoms with E-state index in [1.165, 1.54) is 51.4 Å². The van der Waals surface area contributed by atoms with Crippen LogP contribution in [0.1, 0.15) is 85.5 Å². The maximum Gasteiger partial charge on any atom is 0.469 e. The molecule has 0 spiro atoms. The van der Waals surface area contributed by atoms with E-state index < -0.39 is 7.82 Å². The average molecular weight is 336 g/mol. The van der Waals surface area contributed by atoms with Crippen molar-refractivity contribution in [3.63, 3.8) is 0 Å². The minimum atomic E-state index is -4.33. The molecular formula is C17H37O4P. The van der Waals surface area contributed by atoms with Gasteiger partial charge in [0, 0.05) is 0 Å². The van der Waals surface area contributed by atoms with Crippen LogP contribution < -0.4 is 0 Å². The highest BCUT2D eigenvalue weighted by atomic mass is 31.2. The Hall–Kier alpha value is 0.110. The molecule has 5 heteroatoms. The van der Waals surface area contributed by atoms with Gasteiger partial charge >= 0.3 is 7.82 Å². The molecule has 0 radical (unpaired) electrons. The molecule has 0 aliphatic carbocycles. The first-order valence-electron chi connectivity index (χ1n) is 9.01. The van der Waals surface area contributed by atoms with Gasteiger partial charge in [-0.1, -0.05) is 79.1 Å². The van der Waals surface area contributed by atoms with E-state index in [1.807, 2.05) is 0 Å². The quantitative estimate of drug-likeness (QED) is 0.323. The molecule has 0 aromatic heterocycles. The second kappa shape index (κ2) is 12.5. The van der Waals surface area contributed by atoms with Crippen LogP contribution in [-0.4, -0.2) is 16.4 Å². The Balaban J connectivity index is 4.42. The molecule has 0 heterocycles. The molecule has 0 bridgehead atoms. The molecule has 0 fully saturated rings. The van der Waals surface area contributed by atoms with Crippen LogP contribution >= 0.6 is 7.82 Å². The number of unbranched alkanes of at least 4 members (excludes halogenated alkanes) is 4. The van der Waals surface area contributed by atoms with E-state index in [0.29, 0.717) is 17.8 Å². The second-order valence-corrected chi connectivity index (χ2v) is 7.96. The minimum Gasteiger partial charge on any atom is -0.303 e. The predicted molar refractivity (Wildman–Crippen MR) is 92.7 cm³/mol. The molecule has 0 saturated heterocycles. The maximum absolute atomic E-state index is 10.8. The van der Waals surface area contributed by atoms with Crippen LogP contribution in [0.25, 0.3) is 0 Å². The summed E-state index contributed by atoms with van der Waals surface area (Å²) in [7, 11) is -4.33. The smallest absolute Gasteiger partial charge is 0.303 e. The second-order valence-electron chi connectivity index (χ2n) is 6.72. The fourth-order valence-electron chi connectivity index (χ4n) is 3.30. The monoisotopic (exact) mass is 336 g/mol. The summed E-state index contributed by atoms with van der Waals surface area (Å²) in [6.45, 7) is 9.15. The summed E-state index contributed by atoms with van der Waals surface area (Å²) in [6, 6.07) is 0. The molecule has 0 aromatic carbocycles. The molecule has 0 aliphatic heterocycles. The lowest BCUT2D eigenvalue weighted by Gasteiger charge is -2.30. The van der Waals surface area contributed by atoms with Gasteiger partial charge in [0.1, 0.15) is 0 Å². The van der Waals surface area contributed by atoms with Crippen molar-refractivity contribution in [2.24, 2.45) is 17.8 Å². The third-order valence-electron chi connectivity index (χ3n) is 4.70. The normalized spacial score (nSPS) is 16.5. The fourth-order valence-corrected chi connectivity index (χ4v) is 3.64. The highest BCUT2D eigenvalue weighted by Gasteiger charge is 2.24. The van der Waals surface area contributed by atoms with E-state index in [-0.39, 0.29) is 6.61 Å². The van der Waals surface area contributed by atoms with Gasteiger partial charge in [-0.3, -0.25) is 4.52 Å². The first-order chi connectivity index (χ1) is 10.3. The van der Waals surface area contributed by atoms with Gasteiger partial charge in [-0.05, 0) is 24.2 Å². The van der Waals surface area contributed by atoms with Crippen LogP contribution in [0, 0.1) is 17.8 Å². The zero-order valence-corrected chi connectivity index (χ0v) is 15.9. The van der Waals surface area contributed by atoms with Gasteiger partial charge in [-0.15, -0.1) is 0 Å². The van der Waals surface area contributed by atoms with Crippen molar-refractivity contribution in [2.45, 2.75) is 85.5 Å². The molecule has 2 unspecified atom stereocenters. The first kappa shape index (κ1) is 22.1. The number of hydrogen-bond donors (Lipinski definition) is 2. The van der Waals surface area contributed by atoms with E-state index in [9.17, 15) is 4.57 Å². The molecule has 0 amide bonds. The lowest BCUT2D eigenvalue weighted by molar-refractivity contribution is 0.144. The maximum atomic E-state index is 10.8. The van der Waals surface area contributed by atoms with Crippen LogP contribution in [0.5, 0.6) is 0 Å². The zero-order chi connectivity index (χ0) is 17.0. The van der Waals surface area contributed by atoms with Gasteiger partial charge in [-0.2, -0.15) is 0 Å². The summed E-state index contributed by atoms with van der Waals surface area (Å²) in [4.78, 5) is 17.7. The van der Waals surface area contributed by atoms with E-state index in [0.717, 1.165) is 6.42 Å². The van der Waals surface area contributed by atoms with Crippen molar-refractivity contribution in [3.8, 4) is 0 Å². The summed E-state index contributed by atoms with van der Waals surface area (Å²) >= 11 is 0. The average Bonchev–Trinajstić information content (AvgIpc) is 2.42. The van der Waals surface area contributed by atoms with E-state index >= 15 is 0 Å². The van der Waals surface area contributed by atoms with Crippen LogP contribution in [0.4, 0.5) is 0 Å². The van der Waals surface area contributed by atoms with Crippen LogP contribution in [0.15, 0.2) is 0 Å². The number of rotatable bonds is 14. The lowest BCUT2D eigenvalue weighted by Crippen LogP contribution is -2.22. The van der Waals surface area contributed by atoms with Crippen molar-refractivity contribution in [2.75, 3.05) is 6.61 Å². The molecule has 2 atom stereocenters. The van der Waals surface area contributed by atoms with Crippen molar-refractivity contribution in [3.05, 3.63) is 0 Å². The third-order valence-corrected chi connectivity index (χ3v) is 5.22. The van der Waals surface area contributed by atoms with Crippen molar-refractivity contribution < 1.29 is 18.9 Å². The molecule has 22 heavy (non-hydrogen) atoms. The SMILES string of the molecule is CCCCCC(C)C(CCOP(=O)(O)O)C(C)CCCCC. The van der Waals surface area contributed by atoms with E-state index in [4.69, 9.17) is 9.79 Å². The van der Waals surface area contributed by atoms with E-state index in [2.05, 4.69) is 32.2 Å². The van der Waals surface area contributed by atoms with Gasteiger partial charge in [0.05, 0.1) is 6.61 Å². The van der Waals surface area contributed by atoms with Gasteiger partial charge in [0.2, 0.25) is 0 Å². The molecular weight excluding hydrogens is 299 g/mol. The highest BCUT2D eigenvalue weighted by molar-refractivity contribution is 7.46. The number of phosphoric acid groups is 1.